The average molecular weight is 330 g/mol. The number of methoxy groups -OCH3 is 1. The number of fused-ring (bicyclic) bond motifs is 1. The SMILES string of the molecule is COc1ccc2c(Oc3ccc(NS(=O)[O-])cc3)ccnc2n1. The molecule has 2 heterocycles. The maximum Gasteiger partial charge on any atom is 0.215 e. The average Bonchev–Trinajstić information content (AvgIpc) is 2.56. The van der Waals surface area contributed by atoms with E-state index in [2.05, 4.69) is 14.7 Å². The Kier molecular flexibility index (Phi) is 4.35. The number of nitrogens with one attached hydrogen (secondary N) is 1. The molecular formula is C15H12N3O4S-. The summed E-state index contributed by atoms with van der Waals surface area (Å²) in [5, 5.41) is 0.746. The minimum atomic E-state index is -2.35. The molecule has 0 saturated heterocycles. The molecule has 23 heavy (non-hydrogen) atoms. The molecule has 1 aromatic carbocycles. The van der Waals surface area contributed by atoms with Gasteiger partial charge in [0.05, 0.1) is 12.5 Å². The summed E-state index contributed by atoms with van der Waals surface area (Å²) in [4.78, 5) is 8.44. The number of anilines is 1. The first-order valence-corrected chi connectivity index (χ1v) is 7.67. The van der Waals surface area contributed by atoms with Gasteiger partial charge < -0.3 is 18.7 Å². The predicted octanol–water partition coefficient (Wildman–Crippen LogP) is 2.64. The fourth-order valence-electron chi connectivity index (χ4n) is 2.00. The number of ether oxygens (including phenoxy) is 2. The molecule has 0 saturated carbocycles. The zero-order chi connectivity index (χ0) is 16.2. The Morgan fingerprint density at radius 3 is 2.61 bits per heavy atom. The molecule has 118 valence electrons. The Balaban J connectivity index is 1.87. The molecular weight excluding hydrogens is 318 g/mol. The minimum Gasteiger partial charge on any atom is -0.755 e. The zero-order valence-electron chi connectivity index (χ0n) is 12.1. The quantitative estimate of drug-likeness (QED) is 0.722. The number of rotatable bonds is 5. The first-order valence-electron chi connectivity index (χ1n) is 6.59. The Morgan fingerprint density at radius 2 is 1.91 bits per heavy atom. The molecule has 3 rings (SSSR count). The second kappa shape index (κ2) is 6.59. The molecule has 0 amide bonds. The van der Waals surface area contributed by atoms with E-state index in [1.54, 1.807) is 49.7 Å². The van der Waals surface area contributed by atoms with Gasteiger partial charge in [0.2, 0.25) is 5.88 Å². The van der Waals surface area contributed by atoms with Crippen molar-refractivity contribution in [2.24, 2.45) is 0 Å². The fraction of sp³-hybridized carbons (Fsp3) is 0.0667. The highest BCUT2D eigenvalue weighted by Crippen LogP contribution is 2.29. The molecule has 0 spiro atoms. The van der Waals surface area contributed by atoms with E-state index in [0.29, 0.717) is 28.7 Å². The maximum absolute atomic E-state index is 10.6. The molecule has 0 fully saturated rings. The van der Waals surface area contributed by atoms with E-state index in [0.717, 1.165) is 5.39 Å². The summed E-state index contributed by atoms with van der Waals surface area (Å²) >= 11 is -2.35. The van der Waals surface area contributed by atoms with Crippen LogP contribution in [0.3, 0.4) is 0 Å². The van der Waals surface area contributed by atoms with E-state index in [1.807, 2.05) is 6.07 Å². The highest BCUT2D eigenvalue weighted by atomic mass is 32.2. The van der Waals surface area contributed by atoms with E-state index < -0.39 is 11.3 Å². The maximum atomic E-state index is 10.6. The Labute approximate surface area is 134 Å². The highest BCUT2D eigenvalue weighted by molar-refractivity contribution is 7.80. The molecule has 8 heteroatoms. The lowest BCUT2D eigenvalue weighted by Crippen LogP contribution is -2.01. The second-order valence-corrected chi connectivity index (χ2v) is 5.17. The number of hydrogen-bond donors (Lipinski definition) is 1. The summed E-state index contributed by atoms with van der Waals surface area (Å²) in [6.45, 7) is 0. The zero-order valence-corrected chi connectivity index (χ0v) is 12.9. The summed E-state index contributed by atoms with van der Waals surface area (Å²) in [5.74, 6) is 1.64. The third kappa shape index (κ3) is 3.55. The number of pyridine rings is 2. The van der Waals surface area contributed by atoms with Crippen LogP contribution in [0.1, 0.15) is 0 Å². The van der Waals surface area contributed by atoms with E-state index in [-0.39, 0.29) is 0 Å². The lowest BCUT2D eigenvalue weighted by atomic mass is 10.2. The van der Waals surface area contributed by atoms with Crippen molar-refractivity contribution < 1.29 is 18.2 Å². The molecule has 0 bridgehead atoms. The smallest absolute Gasteiger partial charge is 0.215 e. The molecule has 7 nitrogen and oxygen atoms in total. The van der Waals surface area contributed by atoms with Crippen LogP contribution in [0.4, 0.5) is 5.69 Å². The van der Waals surface area contributed by atoms with E-state index >= 15 is 0 Å². The molecule has 0 radical (unpaired) electrons. The number of nitrogens with zero attached hydrogens (tertiary/aromatic N) is 2. The van der Waals surface area contributed by atoms with Crippen molar-refractivity contribution in [1.82, 2.24) is 9.97 Å². The molecule has 1 atom stereocenters. The van der Waals surface area contributed by atoms with Crippen molar-refractivity contribution in [3.05, 3.63) is 48.7 Å². The van der Waals surface area contributed by atoms with Crippen molar-refractivity contribution in [3.63, 3.8) is 0 Å². The van der Waals surface area contributed by atoms with E-state index in [4.69, 9.17) is 9.47 Å². The van der Waals surface area contributed by atoms with Crippen molar-refractivity contribution in [2.45, 2.75) is 0 Å². The van der Waals surface area contributed by atoms with Gasteiger partial charge in [0.1, 0.15) is 11.5 Å². The van der Waals surface area contributed by atoms with Crippen LogP contribution in [0, 0.1) is 0 Å². The van der Waals surface area contributed by atoms with Gasteiger partial charge in [-0.15, -0.1) is 0 Å². The molecule has 1 N–H and O–H groups in total. The predicted molar refractivity (Wildman–Crippen MR) is 85.1 cm³/mol. The van der Waals surface area contributed by atoms with Gasteiger partial charge in [-0.1, -0.05) is 0 Å². The third-order valence-corrected chi connectivity index (χ3v) is 3.43. The van der Waals surface area contributed by atoms with Gasteiger partial charge in [-0.25, -0.2) is 4.98 Å². The largest absolute Gasteiger partial charge is 0.755 e. The van der Waals surface area contributed by atoms with Crippen LogP contribution in [0.15, 0.2) is 48.7 Å². The van der Waals surface area contributed by atoms with Crippen LogP contribution >= 0.6 is 0 Å². The van der Waals surface area contributed by atoms with Gasteiger partial charge in [-0.2, -0.15) is 4.98 Å². The van der Waals surface area contributed by atoms with Crippen molar-refractivity contribution in [1.29, 1.82) is 0 Å². The summed E-state index contributed by atoms with van der Waals surface area (Å²) in [6.07, 6.45) is 1.60. The number of benzene rings is 1. The van der Waals surface area contributed by atoms with Gasteiger partial charge in [-0.3, -0.25) is 4.21 Å². The lowest BCUT2D eigenvalue weighted by Gasteiger charge is -2.11. The van der Waals surface area contributed by atoms with Crippen LogP contribution in [0.25, 0.3) is 11.0 Å². The molecule has 1 unspecified atom stereocenters. The monoisotopic (exact) mass is 330 g/mol. The molecule has 3 aromatic rings. The first-order chi connectivity index (χ1) is 11.2. The Bertz CT molecular complexity index is 855. The standard InChI is InChI=1S/C15H13N3O4S/c1-21-14-7-6-12-13(8-9-16-15(12)17-14)22-11-4-2-10(3-5-11)18-23(19)20/h2-9,18H,1H3,(H,19,20)/p-1. The van der Waals surface area contributed by atoms with Gasteiger partial charge in [-0.05, 0) is 36.4 Å². The second-order valence-electron chi connectivity index (χ2n) is 4.50. The van der Waals surface area contributed by atoms with Crippen molar-refractivity contribution >= 4 is 28.0 Å². The molecule has 0 aliphatic heterocycles. The van der Waals surface area contributed by atoms with Crippen molar-refractivity contribution in [3.8, 4) is 17.4 Å². The molecule has 0 aliphatic rings. The topological polar surface area (TPSA) is 96.4 Å². The first kappa shape index (κ1) is 15.2. The number of aromatic nitrogens is 2. The van der Waals surface area contributed by atoms with Gasteiger partial charge >= 0.3 is 0 Å². The van der Waals surface area contributed by atoms with Gasteiger partial charge in [0, 0.05) is 29.2 Å². The van der Waals surface area contributed by atoms with Gasteiger partial charge in [0.15, 0.2) is 5.65 Å². The summed E-state index contributed by atoms with van der Waals surface area (Å²) in [7, 11) is 1.54. The van der Waals surface area contributed by atoms with Gasteiger partial charge in [0.25, 0.3) is 0 Å². The molecule has 0 aliphatic carbocycles. The van der Waals surface area contributed by atoms with Crippen LogP contribution in [0.2, 0.25) is 0 Å². The summed E-state index contributed by atoms with van der Waals surface area (Å²) < 4.78 is 34.3. The lowest BCUT2D eigenvalue weighted by molar-refractivity contribution is 0.399. The fourth-order valence-corrected chi connectivity index (χ4v) is 2.33. The van der Waals surface area contributed by atoms with Crippen LogP contribution in [-0.4, -0.2) is 25.8 Å². The van der Waals surface area contributed by atoms with Crippen LogP contribution in [0.5, 0.6) is 17.4 Å². The highest BCUT2D eigenvalue weighted by Gasteiger charge is 2.07. The van der Waals surface area contributed by atoms with Crippen LogP contribution < -0.4 is 14.2 Å². The molecule has 2 aromatic heterocycles. The van der Waals surface area contributed by atoms with E-state index in [1.165, 1.54) is 0 Å². The summed E-state index contributed by atoms with van der Waals surface area (Å²) in [5.41, 5.74) is 0.971. The van der Waals surface area contributed by atoms with E-state index in [9.17, 15) is 8.76 Å². The van der Waals surface area contributed by atoms with Crippen LogP contribution in [-0.2, 0) is 11.3 Å². The normalized spacial score (nSPS) is 11.9. The third-order valence-electron chi connectivity index (χ3n) is 3.03. The Morgan fingerprint density at radius 1 is 1.13 bits per heavy atom. The van der Waals surface area contributed by atoms with Crippen molar-refractivity contribution in [2.75, 3.05) is 11.8 Å². The summed E-state index contributed by atoms with van der Waals surface area (Å²) in [6, 6.07) is 11.8. The number of hydrogen-bond acceptors (Lipinski definition) is 6. The minimum absolute atomic E-state index is 0.455. The Hall–Kier alpha value is -2.71.